The van der Waals surface area contributed by atoms with Crippen molar-refractivity contribution in [2.24, 2.45) is 0 Å². The average molecular weight is 347 g/mol. The third-order valence-corrected chi connectivity index (χ3v) is 4.97. The molecule has 24 heavy (non-hydrogen) atoms. The van der Waals surface area contributed by atoms with Gasteiger partial charge in [-0.1, -0.05) is 0 Å². The smallest absolute Gasteiger partial charge is 0.341 e. The van der Waals surface area contributed by atoms with Crippen molar-refractivity contribution in [1.29, 1.82) is 0 Å². The molecule has 0 radical (unpaired) electrons. The van der Waals surface area contributed by atoms with Gasteiger partial charge in [0.1, 0.15) is 23.1 Å². The Balaban J connectivity index is 2.02. The molecular formula is C15H17N5O3S. The summed E-state index contributed by atoms with van der Waals surface area (Å²) in [6.07, 6.45) is 1.39. The fourth-order valence-corrected chi connectivity index (χ4v) is 3.43. The van der Waals surface area contributed by atoms with Crippen molar-refractivity contribution in [3.8, 4) is 0 Å². The maximum absolute atomic E-state index is 12.1. The lowest BCUT2D eigenvalue weighted by Gasteiger charge is -2.24. The number of thiophene rings is 1. The first kappa shape index (κ1) is 16.2. The van der Waals surface area contributed by atoms with Gasteiger partial charge in [0, 0.05) is 4.88 Å². The van der Waals surface area contributed by atoms with Crippen LogP contribution in [-0.2, 0) is 9.53 Å². The van der Waals surface area contributed by atoms with E-state index < -0.39 is 5.97 Å². The second-order valence-corrected chi connectivity index (χ2v) is 6.63. The number of rotatable bonds is 3. The van der Waals surface area contributed by atoms with Crippen LogP contribution in [-0.4, -0.2) is 35.0 Å². The van der Waals surface area contributed by atoms with Gasteiger partial charge in [0.15, 0.2) is 11.6 Å². The minimum atomic E-state index is -0.418. The number of fused-ring (bicyclic) bond motifs is 1. The highest BCUT2D eigenvalue weighted by atomic mass is 32.1. The normalized spacial score (nSPS) is 16.0. The number of methoxy groups -OCH3 is 1. The maximum atomic E-state index is 12.1. The molecule has 0 bridgehead atoms. The molecule has 1 aliphatic rings. The van der Waals surface area contributed by atoms with Crippen LogP contribution in [0.25, 0.3) is 0 Å². The first-order chi connectivity index (χ1) is 11.4. The minimum absolute atomic E-state index is 0.174. The summed E-state index contributed by atoms with van der Waals surface area (Å²) in [6.45, 7) is 5.54. The summed E-state index contributed by atoms with van der Waals surface area (Å²) in [7, 11) is 1.34. The average Bonchev–Trinajstić information content (AvgIpc) is 2.83. The van der Waals surface area contributed by atoms with E-state index in [0.717, 1.165) is 10.4 Å². The molecule has 0 aliphatic carbocycles. The number of aryl methyl sites for hydroxylation is 1. The molecule has 2 aromatic rings. The molecule has 1 atom stereocenters. The molecule has 9 heteroatoms. The molecule has 8 nitrogen and oxygen atoms in total. The van der Waals surface area contributed by atoms with Gasteiger partial charge in [-0.3, -0.25) is 4.79 Å². The van der Waals surface area contributed by atoms with Crippen LogP contribution in [0.1, 0.15) is 27.7 Å². The van der Waals surface area contributed by atoms with Gasteiger partial charge in [-0.2, -0.15) is 0 Å². The summed E-state index contributed by atoms with van der Waals surface area (Å²) in [5.41, 5.74) is 1.78. The number of carbonyl (C=O) groups is 2. The number of carbonyl (C=O) groups excluding carboxylic acids is 2. The number of hydrogen-bond donors (Lipinski definition) is 3. The maximum Gasteiger partial charge on any atom is 0.341 e. The van der Waals surface area contributed by atoms with Gasteiger partial charge in [-0.15, -0.1) is 11.3 Å². The molecular weight excluding hydrogens is 330 g/mol. The Labute approximate surface area is 142 Å². The lowest BCUT2D eigenvalue weighted by Crippen LogP contribution is -2.37. The largest absolute Gasteiger partial charge is 0.465 e. The zero-order valence-electron chi connectivity index (χ0n) is 13.7. The molecule has 0 saturated heterocycles. The zero-order valence-corrected chi connectivity index (χ0v) is 14.5. The van der Waals surface area contributed by atoms with E-state index in [1.807, 2.05) is 13.8 Å². The highest BCUT2D eigenvalue weighted by Crippen LogP contribution is 2.38. The summed E-state index contributed by atoms with van der Waals surface area (Å²) >= 11 is 1.43. The molecule has 1 amide bonds. The summed E-state index contributed by atoms with van der Waals surface area (Å²) in [6, 6.07) is -0.378. The van der Waals surface area contributed by atoms with E-state index in [9.17, 15) is 9.59 Å². The van der Waals surface area contributed by atoms with E-state index in [0.29, 0.717) is 27.9 Å². The Hall–Kier alpha value is -2.68. The van der Waals surface area contributed by atoms with E-state index in [-0.39, 0.29) is 11.9 Å². The molecule has 3 heterocycles. The molecule has 0 aromatic carbocycles. The number of hydrogen-bond acceptors (Lipinski definition) is 8. The fraction of sp³-hybridized carbons (Fsp3) is 0.333. The van der Waals surface area contributed by atoms with Crippen molar-refractivity contribution < 1.29 is 14.3 Å². The first-order valence-corrected chi connectivity index (χ1v) is 8.11. The third-order valence-electron chi connectivity index (χ3n) is 3.85. The number of aromatic nitrogens is 2. The SMILES string of the molecule is COC(=O)c1c(Nc2ncnc3c2NC(=O)C(C)N3)sc(C)c1C. The molecule has 0 saturated carbocycles. The van der Waals surface area contributed by atoms with Crippen LogP contribution >= 0.6 is 11.3 Å². The Kier molecular flexibility index (Phi) is 4.10. The van der Waals surface area contributed by atoms with Gasteiger partial charge in [0.25, 0.3) is 0 Å². The monoisotopic (exact) mass is 347 g/mol. The molecule has 2 aromatic heterocycles. The molecule has 1 aliphatic heterocycles. The van der Waals surface area contributed by atoms with Gasteiger partial charge < -0.3 is 20.7 Å². The van der Waals surface area contributed by atoms with Gasteiger partial charge in [-0.05, 0) is 26.3 Å². The quantitative estimate of drug-likeness (QED) is 0.732. The summed E-state index contributed by atoms with van der Waals surface area (Å²) < 4.78 is 4.87. The van der Waals surface area contributed by atoms with Crippen LogP contribution < -0.4 is 16.0 Å². The van der Waals surface area contributed by atoms with Crippen molar-refractivity contribution in [2.45, 2.75) is 26.8 Å². The third kappa shape index (κ3) is 2.67. The van der Waals surface area contributed by atoms with Gasteiger partial charge in [-0.25, -0.2) is 14.8 Å². The standard InChI is InChI=1S/C15H17N5O3S/c1-6-8(3)24-14(9(6)15(22)23-4)20-12-10-11(16-5-17-12)18-7(2)13(21)19-10/h5,7H,1-4H3,(H,19,21)(H2,16,17,18,20). The lowest BCUT2D eigenvalue weighted by atomic mass is 10.1. The Bertz CT molecular complexity index is 833. The second-order valence-electron chi connectivity index (χ2n) is 5.41. The van der Waals surface area contributed by atoms with Gasteiger partial charge in [0.2, 0.25) is 5.91 Å². The van der Waals surface area contributed by atoms with Gasteiger partial charge in [0.05, 0.1) is 12.7 Å². The number of ether oxygens (including phenoxy) is 1. The molecule has 0 spiro atoms. The summed E-state index contributed by atoms with van der Waals surface area (Å²) in [5.74, 6) is 0.355. The van der Waals surface area contributed by atoms with Crippen LogP contribution in [0.3, 0.4) is 0 Å². The van der Waals surface area contributed by atoms with Crippen molar-refractivity contribution in [1.82, 2.24) is 9.97 Å². The van der Waals surface area contributed by atoms with Crippen LogP contribution in [0.4, 0.5) is 22.3 Å². The van der Waals surface area contributed by atoms with Gasteiger partial charge >= 0.3 is 5.97 Å². The highest BCUT2D eigenvalue weighted by molar-refractivity contribution is 7.16. The van der Waals surface area contributed by atoms with Crippen LogP contribution in [0.5, 0.6) is 0 Å². The second kappa shape index (κ2) is 6.08. The van der Waals surface area contributed by atoms with Crippen molar-refractivity contribution >= 4 is 45.5 Å². The Morgan fingerprint density at radius 2 is 2.12 bits per heavy atom. The summed E-state index contributed by atoms with van der Waals surface area (Å²) in [5, 5.41) is 9.53. The number of nitrogens with one attached hydrogen (secondary N) is 3. The predicted octanol–water partition coefficient (Wildman–Crippen LogP) is 2.44. The predicted molar refractivity (Wildman–Crippen MR) is 92.2 cm³/mol. The highest BCUT2D eigenvalue weighted by Gasteiger charge is 2.27. The lowest BCUT2D eigenvalue weighted by molar-refractivity contribution is -0.116. The van der Waals surface area contributed by atoms with Crippen LogP contribution in [0, 0.1) is 13.8 Å². The fourth-order valence-electron chi connectivity index (χ4n) is 2.38. The number of amides is 1. The molecule has 126 valence electrons. The molecule has 3 rings (SSSR count). The van der Waals surface area contributed by atoms with E-state index in [1.54, 1.807) is 6.92 Å². The van der Waals surface area contributed by atoms with E-state index in [2.05, 4.69) is 25.9 Å². The van der Waals surface area contributed by atoms with E-state index in [4.69, 9.17) is 4.74 Å². The number of nitrogens with zero attached hydrogens (tertiary/aromatic N) is 2. The zero-order chi connectivity index (χ0) is 17.4. The Morgan fingerprint density at radius 3 is 2.83 bits per heavy atom. The molecule has 1 unspecified atom stereocenters. The number of anilines is 4. The molecule has 0 fully saturated rings. The van der Waals surface area contributed by atoms with Crippen molar-refractivity contribution in [3.05, 3.63) is 22.3 Å². The van der Waals surface area contributed by atoms with E-state index in [1.165, 1.54) is 24.8 Å². The van der Waals surface area contributed by atoms with Crippen molar-refractivity contribution in [3.63, 3.8) is 0 Å². The minimum Gasteiger partial charge on any atom is -0.465 e. The van der Waals surface area contributed by atoms with E-state index >= 15 is 0 Å². The van der Waals surface area contributed by atoms with Crippen molar-refractivity contribution in [2.75, 3.05) is 23.1 Å². The summed E-state index contributed by atoms with van der Waals surface area (Å²) in [4.78, 5) is 33.3. The van der Waals surface area contributed by atoms with Crippen LogP contribution in [0.15, 0.2) is 6.33 Å². The van der Waals surface area contributed by atoms with Crippen LogP contribution in [0.2, 0.25) is 0 Å². The molecule has 3 N–H and O–H groups in total. The first-order valence-electron chi connectivity index (χ1n) is 7.30. The Morgan fingerprint density at radius 1 is 1.38 bits per heavy atom. The number of esters is 1. The topological polar surface area (TPSA) is 105 Å².